The van der Waals surface area contributed by atoms with Crippen molar-refractivity contribution in [1.82, 2.24) is 10.0 Å². The average Bonchev–Trinajstić information content (AvgIpc) is 2.73. The minimum atomic E-state index is -3.89. The molecule has 0 heterocycles. The Morgan fingerprint density at radius 1 is 0.828 bits per heavy atom. The first-order valence-corrected chi connectivity index (χ1v) is 10.9. The topological polar surface area (TPSA) is 75.3 Å². The second-order valence-electron chi connectivity index (χ2n) is 6.52. The van der Waals surface area contributed by atoms with Crippen LogP contribution in [0.2, 0.25) is 5.02 Å². The number of benzene rings is 3. The standard InChI is InChI=1S/C22H21ClN2O3S/c23-19-11-13-20(14-12-19)29(27,28)25-21(15-17-7-3-1-4-8-17)22(26)24-16-18-9-5-2-6-10-18/h1-14,21,25H,15-16H2,(H,24,26)/t21-/m1/s1. The highest BCUT2D eigenvalue weighted by molar-refractivity contribution is 7.89. The largest absolute Gasteiger partial charge is 0.351 e. The SMILES string of the molecule is O=C(NCc1ccccc1)[C@@H](Cc1ccccc1)NS(=O)(=O)c1ccc(Cl)cc1. The molecule has 0 fully saturated rings. The van der Waals surface area contributed by atoms with E-state index in [4.69, 9.17) is 11.6 Å². The molecule has 3 aromatic rings. The highest BCUT2D eigenvalue weighted by Crippen LogP contribution is 2.15. The Kier molecular flexibility index (Phi) is 7.04. The Labute approximate surface area is 175 Å². The van der Waals surface area contributed by atoms with Crippen LogP contribution < -0.4 is 10.0 Å². The maximum absolute atomic E-state index is 12.8. The molecule has 0 saturated carbocycles. The molecule has 0 aromatic heterocycles. The zero-order valence-corrected chi connectivity index (χ0v) is 17.2. The maximum atomic E-state index is 12.8. The molecule has 0 spiro atoms. The van der Waals surface area contributed by atoms with E-state index < -0.39 is 22.0 Å². The minimum Gasteiger partial charge on any atom is -0.351 e. The predicted octanol–water partition coefficient (Wildman–Crippen LogP) is 3.55. The molecule has 0 bridgehead atoms. The Balaban J connectivity index is 1.78. The first-order chi connectivity index (χ1) is 13.9. The quantitative estimate of drug-likeness (QED) is 0.576. The molecule has 5 nitrogen and oxygen atoms in total. The number of hydrogen-bond donors (Lipinski definition) is 2. The Morgan fingerprint density at radius 2 is 1.38 bits per heavy atom. The van der Waals surface area contributed by atoms with Gasteiger partial charge in [0.25, 0.3) is 0 Å². The van der Waals surface area contributed by atoms with E-state index in [1.54, 1.807) is 0 Å². The third kappa shape index (κ3) is 6.15. The molecule has 7 heteroatoms. The molecule has 0 unspecified atom stereocenters. The summed E-state index contributed by atoms with van der Waals surface area (Å²) in [6, 6.07) is 23.6. The summed E-state index contributed by atoms with van der Waals surface area (Å²) < 4.78 is 28.1. The summed E-state index contributed by atoms with van der Waals surface area (Å²) in [6.45, 7) is 0.313. The smallest absolute Gasteiger partial charge is 0.241 e. The highest BCUT2D eigenvalue weighted by Gasteiger charge is 2.26. The summed E-state index contributed by atoms with van der Waals surface area (Å²) in [5.74, 6) is -0.393. The lowest BCUT2D eigenvalue weighted by atomic mass is 10.1. The number of nitrogens with one attached hydrogen (secondary N) is 2. The van der Waals surface area contributed by atoms with Gasteiger partial charge in [0.2, 0.25) is 15.9 Å². The summed E-state index contributed by atoms with van der Waals surface area (Å²) in [5.41, 5.74) is 1.78. The summed E-state index contributed by atoms with van der Waals surface area (Å²) in [7, 11) is -3.89. The van der Waals surface area contributed by atoms with E-state index in [1.165, 1.54) is 24.3 Å². The van der Waals surface area contributed by atoms with Gasteiger partial charge in [-0.15, -0.1) is 0 Å². The van der Waals surface area contributed by atoms with Crippen LogP contribution in [0.5, 0.6) is 0 Å². The molecule has 1 amide bonds. The highest BCUT2D eigenvalue weighted by atomic mass is 35.5. The van der Waals surface area contributed by atoms with Crippen LogP contribution in [0.4, 0.5) is 0 Å². The number of halogens is 1. The Bertz CT molecular complexity index is 1040. The van der Waals surface area contributed by atoms with Crippen molar-refractivity contribution in [2.24, 2.45) is 0 Å². The van der Waals surface area contributed by atoms with Crippen molar-refractivity contribution in [2.45, 2.75) is 23.9 Å². The van der Waals surface area contributed by atoms with Crippen molar-refractivity contribution < 1.29 is 13.2 Å². The van der Waals surface area contributed by atoms with Gasteiger partial charge >= 0.3 is 0 Å². The van der Waals surface area contributed by atoms with E-state index in [-0.39, 0.29) is 11.3 Å². The molecule has 150 valence electrons. The lowest BCUT2D eigenvalue weighted by Crippen LogP contribution is -2.47. The molecule has 2 N–H and O–H groups in total. The third-order valence-corrected chi connectivity index (χ3v) is 6.07. The molecule has 0 saturated heterocycles. The average molecular weight is 429 g/mol. The van der Waals surface area contributed by atoms with Crippen LogP contribution >= 0.6 is 11.6 Å². The minimum absolute atomic E-state index is 0.0517. The molecule has 3 rings (SSSR count). The normalized spacial score (nSPS) is 12.3. The van der Waals surface area contributed by atoms with Gasteiger partial charge in [-0.3, -0.25) is 4.79 Å². The molecule has 3 aromatic carbocycles. The van der Waals surface area contributed by atoms with Gasteiger partial charge in [0, 0.05) is 11.6 Å². The molecule has 0 aliphatic heterocycles. The van der Waals surface area contributed by atoms with Gasteiger partial charge in [-0.2, -0.15) is 4.72 Å². The van der Waals surface area contributed by atoms with Gasteiger partial charge in [-0.05, 0) is 41.8 Å². The number of rotatable bonds is 8. The van der Waals surface area contributed by atoms with Crippen molar-refractivity contribution in [3.63, 3.8) is 0 Å². The van der Waals surface area contributed by atoms with Crippen LogP contribution in [-0.4, -0.2) is 20.4 Å². The van der Waals surface area contributed by atoms with Gasteiger partial charge in [0.05, 0.1) is 4.90 Å². The lowest BCUT2D eigenvalue weighted by molar-refractivity contribution is -0.122. The maximum Gasteiger partial charge on any atom is 0.241 e. The summed E-state index contributed by atoms with van der Waals surface area (Å²) in [5, 5.41) is 3.25. The van der Waals surface area contributed by atoms with Crippen molar-refractivity contribution in [1.29, 1.82) is 0 Å². The van der Waals surface area contributed by atoms with E-state index in [0.717, 1.165) is 11.1 Å². The molecule has 0 aliphatic carbocycles. The monoisotopic (exact) mass is 428 g/mol. The van der Waals surface area contributed by atoms with Gasteiger partial charge < -0.3 is 5.32 Å². The first-order valence-electron chi connectivity index (χ1n) is 9.07. The Morgan fingerprint density at radius 3 is 1.97 bits per heavy atom. The van der Waals surface area contributed by atoms with E-state index in [9.17, 15) is 13.2 Å². The van der Waals surface area contributed by atoms with Crippen LogP contribution in [0.3, 0.4) is 0 Å². The van der Waals surface area contributed by atoms with Crippen LogP contribution in [0.15, 0.2) is 89.8 Å². The third-order valence-electron chi connectivity index (χ3n) is 4.33. The second-order valence-corrected chi connectivity index (χ2v) is 8.67. The number of hydrogen-bond acceptors (Lipinski definition) is 3. The molecule has 1 atom stereocenters. The summed E-state index contributed by atoms with van der Waals surface area (Å²) in [4.78, 5) is 12.9. The fourth-order valence-electron chi connectivity index (χ4n) is 2.81. The van der Waals surface area contributed by atoms with E-state index >= 15 is 0 Å². The molecular formula is C22H21ClN2O3S. The van der Waals surface area contributed by atoms with E-state index in [0.29, 0.717) is 11.6 Å². The predicted molar refractivity (Wildman–Crippen MR) is 114 cm³/mol. The number of amides is 1. The van der Waals surface area contributed by atoms with Crippen molar-refractivity contribution in [3.8, 4) is 0 Å². The molecular weight excluding hydrogens is 408 g/mol. The van der Waals surface area contributed by atoms with Crippen molar-refractivity contribution in [3.05, 3.63) is 101 Å². The van der Waals surface area contributed by atoms with Gasteiger partial charge in [-0.1, -0.05) is 72.3 Å². The zero-order valence-electron chi connectivity index (χ0n) is 15.6. The second kappa shape index (κ2) is 9.69. The molecule has 0 aliphatic rings. The fraction of sp³-hybridized carbons (Fsp3) is 0.136. The van der Waals surface area contributed by atoms with Crippen LogP contribution in [0.25, 0.3) is 0 Å². The van der Waals surface area contributed by atoms with E-state index in [1.807, 2.05) is 60.7 Å². The van der Waals surface area contributed by atoms with Crippen molar-refractivity contribution >= 4 is 27.5 Å². The van der Waals surface area contributed by atoms with Crippen molar-refractivity contribution in [2.75, 3.05) is 0 Å². The number of carbonyl (C=O) groups excluding carboxylic acids is 1. The van der Waals surface area contributed by atoms with E-state index in [2.05, 4.69) is 10.0 Å². The van der Waals surface area contributed by atoms with Crippen LogP contribution in [0.1, 0.15) is 11.1 Å². The Hall–Kier alpha value is -2.67. The lowest BCUT2D eigenvalue weighted by Gasteiger charge is -2.19. The number of sulfonamides is 1. The fourth-order valence-corrected chi connectivity index (χ4v) is 4.14. The molecule has 29 heavy (non-hydrogen) atoms. The summed E-state index contributed by atoms with van der Waals surface area (Å²) in [6.07, 6.45) is 0.230. The van der Waals surface area contributed by atoms with Gasteiger partial charge in [-0.25, -0.2) is 8.42 Å². The van der Waals surface area contributed by atoms with Crippen LogP contribution in [0, 0.1) is 0 Å². The van der Waals surface area contributed by atoms with Crippen LogP contribution in [-0.2, 0) is 27.8 Å². The van der Waals surface area contributed by atoms with Gasteiger partial charge in [0.15, 0.2) is 0 Å². The molecule has 0 radical (unpaired) electrons. The van der Waals surface area contributed by atoms with Gasteiger partial charge in [0.1, 0.15) is 6.04 Å². The zero-order chi connectivity index (χ0) is 20.7. The first kappa shape index (κ1) is 21.0. The summed E-state index contributed by atoms with van der Waals surface area (Å²) >= 11 is 5.85. The number of carbonyl (C=O) groups is 1.